The van der Waals surface area contributed by atoms with Gasteiger partial charge in [-0.15, -0.1) is 0 Å². The second-order valence-corrected chi connectivity index (χ2v) is 9.75. The Morgan fingerprint density at radius 1 is 1.11 bits per heavy atom. The number of sulfone groups is 1. The monoisotopic (exact) mass is 401 g/mol. The quantitative estimate of drug-likeness (QED) is 0.855. The van der Waals surface area contributed by atoms with Crippen LogP contribution < -0.4 is 4.74 Å². The first-order valence-electron chi connectivity index (χ1n) is 9.32. The molecule has 28 heavy (non-hydrogen) atoms. The van der Waals surface area contributed by atoms with Crippen LogP contribution in [-0.2, 0) is 14.6 Å². The molecule has 0 aromatic heterocycles. The van der Waals surface area contributed by atoms with E-state index < -0.39 is 27.6 Å². The maximum absolute atomic E-state index is 13.0. The summed E-state index contributed by atoms with van der Waals surface area (Å²) in [5.41, 5.74) is -0.375. The van der Waals surface area contributed by atoms with Gasteiger partial charge in [0.05, 0.1) is 15.8 Å². The van der Waals surface area contributed by atoms with Gasteiger partial charge < -0.3 is 14.7 Å². The summed E-state index contributed by atoms with van der Waals surface area (Å²) in [4.78, 5) is 14.4. The molecule has 7 heteroatoms. The van der Waals surface area contributed by atoms with Gasteiger partial charge in [0.2, 0.25) is 15.7 Å². The first kappa shape index (κ1) is 19.0. The van der Waals surface area contributed by atoms with Crippen molar-refractivity contribution in [2.75, 3.05) is 6.54 Å². The molecule has 0 radical (unpaired) electrons. The van der Waals surface area contributed by atoms with Gasteiger partial charge in [-0.25, -0.2) is 8.42 Å². The van der Waals surface area contributed by atoms with E-state index >= 15 is 0 Å². The van der Waals surface area contributed by atoms with E-state index in [2.05, 4.69) is 0 Å². The van der Waals surface area contributed by atoms with E-state index in [9.17, 15) is 18.3 Å². The average Bonchev–Trinajstić information content (AvgIpc) is 3.08. The molecule has 2 aromatic rings. The van der Waals surface area contributed by atoms with Gasteiger partial charge in [-0.05, 0) is 50.6 Å². The first-order valence-corrected chi connectivity index (χ1v) is 10.8. The Balaban J connectivity index is 1.85. The summed E-state index contributed by atoms with van der Waals surface area (Å²) < 4.78 is 32.0. The lowest BCUT2D eigenvalue weighted by Gasteiger charge is -2.45. The Morgan fingerprint density at radius 3 is 2.46 bits per heavy atom. The van der Waals surface area contributed by atoms with E-state index in [4.69, 9.17) is 4.74 Å². The SMILES string of the molecule is CC1(C)Oc2ccc(S(=O)(=O)c3ccccc3)cc2C(N2CCCC2=O)C1O. The Hall–Kier alpha value is -2.38. The van der Waals surface area contributed by atoms with Crippen molar-refractivity contribution in [2.24, 2.45) is 0 Å². The van der Waals surface area contributed by atoms with Crippen LogP contribution in [0.3, 0.4) is 0 Å². The smallest absolute Gasteiger partial charge is 0.223 e. The number of rotatable bonds is 3. The van der Waals surface area contributed by atoms with Crippen molar-refractivity contribution in [3.63, 3.8) is 0 Å². The zero-order valence-electron chi connectivity index (χ0n) is 15.8. The van der Waals surface area contributed by atoms with Crippen LogP contribution in [0.4, 0.5) is 0 Å². The van der Waals surface area contributed by atoms with E-state index in [1.54, 1.807) is 55.1 Å². The van der Waals surface area contributed by atoms with Gasteiger partial charge in [0, 0.05) is 18.5 Å². The Labute approximate surface area is 164 Å². The highest BCUT2D eigenvalue weighted by Gasteiger charge is 2.47. The molecule has 1 amide bonds. The van der Waals surface area contributed by atoms with Gasteiger partial charge in [0.15, 0.2) is 0 Å². The predicted octanol–water partition coefficient (Wildman–Crippen LogP) is 2.71. The van der Waals surface area contributed by atoms with Crippen LogP contribution in [0.2, 0.25) is 0 Å². The van der Waals surface area contributed by atoms with Gasteiger partial charge in [0.1, 0.15) is 17.5 Å². The zero-order valence-corrected chi connectivity index (χ0v) is 16.6. The number of benzene rings is 2. The topological polar surface area (TPSA) is 83.9 Å². The summed E-state index contributed by atoms with van der Waals surface area (Å²) in [7, 11) is -3.72. The van der Waals surface area contributed by atoms with Crippen LogP contribution in [0.1, 0.15) is 38.3 Å². The molecule has 2 aromatic carbocycles. The highest BCUT2D eigenvalue weighted by atomic mass is 32.2. The van der Waals surface area contributed by atoms with Gasteiger partial charge in [-0.1, -0.05) is 18.2 Å². The molecule has 4 rings (SSSR count). The molecular weight excluding hydrogens is 378 g/mol. The maximum atomic E-state index is 13.0. The lowest BCUT2D eigenvalue weighted by Crippen LogP contribution is -2.53. The normalized spacial score (nSPS) is 24.0. The largest absolute Gasteiger partial charge is 0.485 e. The number of fused-ring (bicyclic) bond motifs is 1. The van der Waals surface area contributed by atoms with Crippen molar-refractivity contribution in [3.8, 4) is 5.75 Å². The Bertz CT molecular complexity index is 1020. The number of hydrogen-bond acceptors (Lipinski definition) is 5. The number of hydrogen-bond donors (Lipinski definition) is 1. The number of likely N-dealkylation sites (tertiary alicyclic amines) is 1. The average molecular weight is 401 g/mol. The van der Waals surface area contributed by atoms with Gasteiger partial charge in [-0.3, -0.25) is 4.79 Å². The highest BCUT2D eigenvalue weighted by molar-refractivity contribution is 7.91. The van der Waals surface area contributed by atoms with E-state index in [1.807, 2.05) is 0 Å². The number of nitrogens with zero attached hydrogens (tertiary/aromatic N) is 1. The van der Waals surface area contributed by atoms with Crippen LogP contribution in [0, 0.1) is 0 Å². The minimum Gasteiger partial charge on any atom is -0.485 e. The highest BCUT2D eigenvalue weighted by Crippen LogP contribution is 2.45. The van der Waals surface area contributed by atoms with E-state index in [1.165, 1.54) is 12.1 Å². The standard InChI is InChI=1S/C21H23NO5S/c1-21(2)20(24)19(22-12-6-9-18(22)23)16-13-15(10-11-17(16)27-21)28(25,26)14-7-4-3-5-8-14/h3-5,7-8,10-11,13,19-20,24H,6,9,12H2,1-2H3. The van der Waals surface area contributed by atoms with E-state index in [0.29, 0.717) is 24.3 Å². The van der Waals surface area contributed by atoms with Gasteiger partial charge in [0.25, 0.3) is 0 Å². The molecule has 2 atom stereocenters. The molecule has 0 aliphatic carbocycles. The molecule has 2 aliphatic rings. The zero-order chi connectivity index (χ0) is 20.1. The number of aliphatic hydroxyl groups excluding tert-OH is 1. The molecular formula is C21H23NO5S. The van der Waals surface area contributed by atoms with Crippen molar-refractivity contribution >= 4 is 15.7 Å². The molecule has 2 heterocycles. The van der Waals surface area contributed by atoms with Crippen LogP contribution >= 0.6 is 0 Å². The lowest BCUT2D eigenvalue weighted by molar-refractivity contribution is -0.139. The summed E-state index contributed by atoms with van der Waals surface area (Å²) in [6.07, 6.45) is 0.180. The minimum absolute atomic E-state index is 0.0379. The number of ether oxygens (including phenoxy) is 1. The fourth-order valence-corrected chi connectivity index (χ4v) is 5.27. The summed E-state index contributed by atoms with van der Waals surface area (Å²) in [5, 5.41) is 11.0. The second kappa shape index (κ2) is 6.60. The summed E-state index contributed by atoms with van der Waals surface area (Å²) >= 11 is 0. The summed E-state index contributed by atoms with van der Waals surface area (Å²) in [5.74, 6) is 0.455. The van der Waals surface area contributed by atoms with E-state index in [0.717, 1.165) is 6.42 Å². The number of carbonyl (C=O) groups excluding carboxylic acids is 1. The van der Waals surface area contributed by atoms with Gasteiger partial charge >= 0.3 is 0 Å². The first-order chi connectivity index (χ1) is 13.2. The van der Waals surface area contributed by atoms with Crippen molar-refractivity contribution in [1.82, 2.24) is 4.90 Å². The minimum atomic E-state index is -3.72. The summed E-state index contributed by atoms with van der Waals surface area (Å²) in [6.45, 7) is 4.07. The fourth-order valence-electron chi connectivity index (χ4n) is 3.95. The number of aliphatic hydroxyl groups is 1. The molecule has 0 bridgehead atoms. The molecule has 148 valence electrons. The Morgan fingerprint density at radius 2 is 1.82 bits per heavy atom. The molecule has 0 saturated carbocycles. The molecule has 0 spiro atoms. The summed E-state index contributed by atoms with van der Waals surface area (Å²) in [6, 6.07) is 12.2. The third kappa shape index (κ3) is 2.99. The van der Waals surface area contributed by atoms with Crippen LogP contribution in [0.15, 0.2) is 58.3 Å². The van der Waals surface area contributed by atoms with Crippen molar-refractivity contribution in [3.05, 3.63) is 54.1 Å². The molecule has 1 N–H and O–H groups in total. The van der Waals surface area contributed by atoms with Crippen molar-refractivity contribution in [1.29, 1.82) is 0 Å². The fraction of sp³-hybridized carbons (Fsp3) is 0.381. The Kier molecular flexibility index (Phi) is 4.47. The lowest BCUT2D eigenvalue weighted by atomic mass is 9.85. The maximum Gasteiger partial charge on any atom is 0.223 e. The van der Waals surface area contributed by atoms with E-state index in [-0.39, 0.29) is 15.7 Å². The molecule has 2 unspecified atom stereocenters. The molecule has 2 aliphatic heterocycles. The molecule has 1 fully saturated rings. The molecule has 6 nitrogen and oxygen atoms in total. The third-order valence-corrected chi connectivity index (χ3v) is 7.26. The van der Waals surface area contributed by atoms with Crippen LogP contribution in [0.25, 0.3) is 0 Å². The number of carbonyl (C=O) groups is 1. The van der Waals surface area contributed by atoms with Crippen molar-refractivity contribution in [2.45, 2.75) is 54.2 Å². The molecule has 1 saturated heterocycles. The van der Waals surface area contributed by atoms with Gasteiger partial charge in [-0.2, -0.15) is 0 Å². The van der Waals surface area contributed by atoms with Crippen LogP contribution in [-0.4, -0.2) is 42.6 Å². The predicted molar refractivity (Wildman–Crippen MR) is 103 cm³/mol. The van der Waals surface area contributed by atoms with Crippen LogP contribution in [0.5, 0.6) is 5.75 Å². The third-order valence-electron chi connectivity index (χ3n) is 5.49. The number of amides is 1. The second-order valence-electron chi connectivity index (χ2n) is 7.80. The van der Waals surface area contributed by atoms with Crippen molar-refractivity contribution < 1.29 is 23.1 Å².